The topological polar surface area (TPSA) is 107 Å². The predicted octanol–water partition coefficient (Wildman–Crippen LogP) is 4.62. The number of carbonyl (C=O) groups excluding carboxylic acids is 1. The van der Waals surface area contributed by atoms with Crippen molar-refractivity contribution in [2.45, 2.75) is 78.0 Å². The number of halogens is 7. The molecular formula is C25H25F7N2O5S2. The van der Waals surface area contributed by atoms with Crippen LogP contribution in [0.1, 0.15) is 37.7 Å². The number of benzene rings is 2. The molecule has 4 rings (SSSR count). The highest BCUT2D eigenvalue weighted by Gasteiger charge is 2.71. The van der Waals surface area contributed by atoms with Crippen LogP contribution in [0.5, 0.6) is 0 Å². The summed E-state index contributed by atoms with van der Waals surface area (Å²) in [5.41, 5.74) is -7.08. The number of carbonyl (C=O) groups is 1. The van der Waals surface area contributed by atoms with Gasteiger partial charge in [0.25, 0.3) is 15.6 Å². The standard InChI is InChI=1S/C25H25F7N2O5S2/c26-15-2-8-19(9-3-15)41(38,39)34-17(12-22(36)33-16-4-6-18(35)7-5-16)13-40-21-11-14(1-10-20(21)34)23(37,24(27,28)29)25(30,31)32/h1-3,8-11,16-18,35,37H,4-7,12-13H2,(H,33,36)/t16-,17?,18-. The van der Waals surface area contributed by atoms with E-state index >= 15 is 0 Å². The maximum Gasteiger partial charge on any atom is 0.430 e. The fourth-order valence-electron chi connectivity index (χ4n) is 4.88. The average molecular weight is 631 g/mol. The van der Waals surface area contributed by atoms with E-state index < -0.39 is 68.7 Å². The molecule has 1 heterocycles. The van der Waals surface area contributed by atoms with E-state index in [4.69, 9.17) is 0 Å². The smallest absolute Gasteiger partial charge is 0.393 e. The highest BCUT2D eigenvalue weighted by Crippen LogP contribution is 2.52. The van der Waals surface area contributed by atoms with Crippen LogP contribution in [0.2, 0.25) is 0 Å². The van der Waals surface area contributed by atoms with Crippen molar-refractivity contribution in [3.8, 4) is 0 Å². The summed E-state index contributed by atoms with van der Waals surface area (Å²) in [4.78, 5) is 12.2. The Morgan fingerprint density at radius 2 is 1.56 bits per heavy atom. The van der Waals surface area contributed by atoms with Gasteiger partial charge in [-0.1, -0.05) is 6.07 Å². The van der Waals surface area contributed by atoms with Gasteiger partial charge in [-0.25, -0.2) is 12.8 Å². The van der Waals surface area contributed by atoms with E-state index in [1.54, 1.807) is 0 Å². The number of aliphatic hydroxyl groups excluding tert-OH is 1. The third kappa shape index (κ3) is 6.15. The van der Waals surface area contributed by atoms with Gasteiger partial charge in [-0.15, -0.1) is 11.8 Å². The number of sulfonamides is 1. The van der Waals surface area contributed by atoms with Crippen LogP contribution in [0.15, 0.2) is 52.3 Å². The average Bonchev–Trinajstić information content (AvgIpc) is 2.88. The van der Waals surface area contributed by atoms with Gasteiger partial charge >= 0.3 is 12.4 Å². The maximum absolute atomic E-state index is 13.7. The zero-order valence-electron chi connectivity index (χ0n) is 21.0. The van der Waals surface area contributed by atoms with Gasteiger partial charge in [-0.05, 0) is 62.1 Å². The molecule has 1 aliphatic carbocycles. The van der Waals surface area contributed by atoms with Crippen molar-refractivity contribution in [3.05, 3.63) is 53.8 Å². The van der Waals surface area contributed by atoms with E-state index in [-0.39, 0.29) is 22.4 Å². The highest BCUT2D eigenvalue weighted by molar-refractivity contribution is 8.00. The number of fused-ring (bicyclic) bond motifs is 1. The number of rotatable bonds is 6. The molecule has 41 heavy (non-hydrogen) atoms. The van der Waals surface area contributed by atoms with E-state index in [0.717, 1.165) is 40.3 Å². The van der Waals surface area contributed by atoms with Crippen LogP contribution in [0.3, 0.4) is 0 Å². The number of aliphatic hydroxyl groups is 2. The number of anilines is 1. The third-order valence-corrected chi connectivity index (χ3v) is 10.1. The van der Waals surface area contributed by atoms with Crippen LogP contribution < -0.4 is 9.62 Å². The number of amides is 1. The lowest BCUT2D eigenvalue weighted by Crippen LogP contribution is -2.54. The Bertz CT molecular complexity index is 1360. The molecule has 0 radical (unpaired) electrons. The largest absolute Gasteiger partial charge is 0.430 e. The molecule has 7 nitrogen and oxygen atoms in total. The van der Waals surface area contributed by atoms with E-state index in [1.165, 1.54) is 0 Å². The number of nitrogens with one attached hydrogen (secondary N) is 1. The van der Waals surface area contributed by atoms with Crippen LogP contribution in [-0.2, 0) is 20.4 Å². The summed E-state index contributed by atoms with van der Waals surface area (Å²) < 4.78 is 123. The molecule has 1 unspecified atom stereocenters. The second-order valence-electron chi connectivity index (χ2n) is 9.89. The highest BCUT2D eigenvalue weighted by atomic mass is 32.2. The summed E-state index contributed by atoms with van der Waals surface area (Å²) in [6.07, 6.45) is -11.2. The van der Waals surface area contributed by atoms with Crippen LogP contribution in [0.25, 0.3) is 0 Å². The van der Waals surface area contributed by atoms with Crippen molar-refractivity contribution in [2.24, 2.45) is 0 Å². The van der Waals surface area contributed by atoms with Gasteiger partial charge in [0.05, 0.1) is 22.7 Å². The van der Waals surface area contributed by atoms with Crippen molar-refractivity contribution in [2.75, 3.05) is 10.1 Å². The number of nitrogens with zero attached hydrogens (tertiary/aromatic N) is 1. The zero-order valence-corrected chi connectivity index (χ0v) is 22.7. The monoisotopic (exact) mass is 630 g/mol. The predicted molar refractivity (Wildman–Crippen MR) is 134 cm³/mol. The fourth-order valence-corrected chi connectivity index (χ4v) is 7.87. The molecule has 0 aromatic heterocycles. The molecule has 2 aliphatic rings. The molecule has 0 spiro atoms. The molecule has 2 aromatic carbocycles. The molecule has 0 saturated heterocycles. The minimum absolute atomic E-state index is 0.232. The summed E-state index contributed by atoms with van der Waals surface area (Å²) in [5, 5.41) is 22.3. The molecule has 2 aromatic rings. The first-order chi connectivity index (χ1) is 18.9. The lowest BCUT2D eigenvalue weighted by molar-refractivity contribution is -0.376. The molecule has 226 valence electrons. The summed E-state index contributed by atoms with van der Waals surface area (Å²) in [6.45, 7) is 0. The van der Waals surface area contributed by atoms with Crippen LogP contribution in [0, 0.1) is 5.82 Å². The lowest BCUT2D eigenvalue weighted by Gasteiger charge is -2.39. The Morgan fingerprint density at radius 1 is 0.976 bits per heavy atom. The third-order valence-electron chi connectivity index (χ3n) is 7.05. The van der Waals surface area contributed by atoms with E-state index in [2.05, 4.69) is 5.32 Å². The summed E-state index contributed by atoms with van der Waals surface area (Å²) >= 11 is 0.729. The van der Waals surface area contributed by atoms with Crippen LogP contribution >= 0.6 is 11.8 Å². The lowest BCUT2D eigenvalue weighted by atomic mass is 9.92. The second-order valence-corrected chi connectivity index (χ2v) is 12.8. The van der Waals surface area contributed by atoms with Gasteiger partial charge in [0.1, 0.15) is 5.82 Å². The minimum Gasteiger partial charge on any atom is -0.393 e. The van der Waals surface area contributed by atoms with Crippen LogP contribution in [0.4, 0.5) is 36.4 Å². The van der Waals surface area contributed by atoms with Gasteiger partial charge in [0, 0.05) is 28.7 Å². The van der Waals surface area contributed by atoms with Crippen molar-refractivity contribution >= 4 is 33.4 Å². The fraction of sp³-hybridized carbons (Fsp3) is 0.480. The van der Waals surface area contributed by atoms with Crippen molar-refractivity contribution in [1.82, 2.24) is 5.32 Å². The van der Waals surface area contributed by atoms with Gasteiger partial charge in [0.2, 0.25) is 5.91 Å². The molecule has 1 aliphatic heterocycles. The number of alkyl halides is 6. The number of hydrogen-bond acceptors (Lipinski definition) is 6. The van der Waals surface area contributed by atoms with E-state index in [1.807, 2.05) is 0 Å². The van der Waals surface area contributed by atoms with Crippen molar-refractivity contribution in [3.63, 3.8) is 0 Å². The number of hydrogen-bond donors (Lipinski definition) is 3. The molecule has 1 amide bonds. The second kappa shape index (κ2) is 11.3. The first-order valence-corrected chi connectivity index (χ1v) is 14.8. The van der Waals surface area contributed by atoms with E-state index in [0.29, 0.717) is 43.9 Å². The first-order valence-electron chi connectivity index (χ1n) is 12.4. The molecule has 1 fully saturated rings. The Hall–Kier alpha value is -2.56. The summed E-state index contributed by atoms with van der Waals surface area (Å²) in [5.74, 6) is -1.53. The SMILES string of the molecule is O=C(CC1CSc2cc(C(O)(C(F)(F)F)C(F)(F)F)ccc2N1S(=O)(=O)c1ccc(F)cc1)N[C@H]1CC[C@H](O)CC1. The summed E-state index contributed by atoms with van der Waals surface area (Å²) in [6, 6.07) is 3.71. The Kier molecular flexibility index (Phi) is 8.62. The van der Waals surface area contributed by atoms with Crippen molar-refractivity contribution < 1.29 is 54.2 Å². The van der Waals surface area contributed by atoms with Gasteiger partial charge in [-0.3, -0.25) is 9.10 Å². The van der Waals surface area contributed by atoms with Gasteiger partial charge in [-0.2, -0.15) is 26.3 Å². The Balaban J connectivity index is 1.73. The van der Waals surface area contributed by atoms with Crippen LogP contribution in [-0.4, -0.2) is 60.8 Å². The maximum atomic E-state index is 13.7. The number of thioether (sulfide) groups is 1. The molecule has 1 atom stereocenters. The van der Waals surface area contributed by atoms with Gasteiger partial charge < -0.3 is 15.5 Å². The minimum atomic E-state index is -6.14. The van der Waals surface area contributed by atoms with Crippen molar-refractivity contribution in [1.29, 1.82) is 0 Å². The Labute approximate surface area is 234 Å². The molecule has 1 saturated carbocycles. The normalized spacial score (nSPS) is 22.3. The van der Waals surface area contributed by atoms with E-state index in [9.17, 15) is 54.2 Å². The zero-order chi connectivity index (χ0) is 30.4. The summed E-state index contributed by atoms with van der Waals surface area (Å²) in [7, 11) is -4.60. The molecule has 0 bridgehead atoms. The molecule has 3 N–H and O–H groups in total. The molecular weight excluding hydrogens is 605 g/mol. The molecule has 16 heteroatoms. The van der Waals surface area contributed by atoms with Gasteiger partial charge in [0.15, 0.2) is 0 Å². The Morgan fingerprint density at radius 3 is 2.12 bits per heavy atom. The quantitative estimate of drug-likeness (QED) is 0.403. The first kappa shape index (κ1) is 31.4.